The predicted molar refractivity (Wildman–Crippen MR) is 97.3 cm³/mol. The number of benzene rings is 2. The summed E-state index contributed by atoms with van der Waals surface area (Å²) in [5, 5.41) is 2.81. The SMILES string of the molecule is COc1ccc(C)cc1C(=O)OCC(=O)Nc1c(C)cc(C)cc1C. The lowest BCUT2D eigenvalue weighted by Crippen LogP contribution is -2.22. The van der Waals surface area contributed by atoms with E-state index in [9.17, 15) is 9.59 Å². The molecule has 0 aliphatic rings. The molecule has 2 aromatic rings. The first kappa shape index (κ1) is 18.5. The molecule has 0 aromatic heterocycles. The van der Waals surface area contributed by atoms with Crippen molar-refractivity contribution >= 4 is 17.6 Å². The maximum atomic E-state index is 12.2. The fourth-order valence-electron chi connectivity index (χ4n) is 2.74. The first-order valence-corrected chi connectivity index (χ1v) is 8.01. The molecule has 0 fully saturated rings. The van der Waals surface area contributed by atoms with Crippen molar-refractivity contribution in [3.8, 4) is 5.75 Å². The standard InChI is InChI=1S/C20H23NO4/c1-12-6-7-17(24-5)16(10-12)20(23)25-11-18(22)21-19-14(3)8-13(2)9-15(19)4/h6-10H,11H2,1-5H3,(H,21,22). The number of anilines is 1. The molecule has 2 rings (SSSR count). The van der Waals surface area contributed by atoms with Gasteiger partial charge in [-0.3, -0.25) is 4.79 Å². The maximum absolute atomic E-state index is 12.2. The quantitative estimate of drug-likeness (QED) is 0.842. The smallest absolute Gasteiger partial charge is 0.342 e. The van der Waals surface area contributed by atoms with Crippen molar-refractivity contribution in [2.24, 2.45) is 0 Å². The van der Waals surface area contributed by atoms with Gasteiger partial charge in [-0.1, -0.05) is 29.3 Å². The number of amides is 1. The van der Waals surface area contributed by atoms with Gasteiger partial charge in [-0.05, 0) is 51.0 Å². The second kappa shape index (κ2) is 7.83. The van der Waals surface area contributed by atoms with Crippen LogP contribution >= 0.6 is 0 Å². The average molecular weight is 341 g/mol. The average Bonchev–Trinajstić information content (AvgIpc) is 2.55. The second-order valence-electron chi connectivity index (χ2n) is 6.10. The minimum atomic E-state index is -0.590. The van der Waals surface area contributed by atoms with Crippen molar-refractivity contribution < 1.29 is 19.1 Å². The third kappa shape index (κ3) is 4.59. The lowest BCUT2D eigenvalue weighted by atomic mass is 10.1. The van der Waals surface area contributed by atoms with Gasteiger partial charge in [0.05, 0.1) is 7.11 Å². The topological polar surface area (TPSA) is 64.6 Å². The molecule has 0 aliphatic heterocycles. The highest BCUT2D eigenvalue weighted by atomic mass is 16.5. The van der Waals surface area contributed by atoms with Crippen molar-refractivity contribution in [2.75, 3.05) is 19.0 Å². The summed E-state index contributed by atoms with van der Waals surface area (Å²) in [6, 6.07) is 9.20. The number of hydrogen-bond acceptors (Lipinski definition) is 4. The number of hydrogen-bond donors (Lipinski definition) is 1. The van der Waals surface area contributed by atoms with E-state index in [0.29, 0.717) is 11.3 Å². The third-order valence-corrected chi connectivity index (χ3v) is 3.85. The molecule has 1 N–H and O–H groups in total. The molecule has 132 valence electrons. The Balaban J connectivity index is 2.03. The lowest BCUT2D eigenvalue weighted by molar-refractivity contribution is -0.119. The van der Waals surface area contributed by atoms with Gasteiger partial charge in [0, 0.05) is 5.69 Å². The fourth-order valence-corrected chi connectivity index (χ4v) is 2.74. The maximum Gasteiger partial charge on any atom is 0.342 e. The van der Waals surface area contributed by atoms with Gasteiger partial charge < -0.3 is 14.8 Å². The van der Waals surface area contributed by atoms with Gasteiger partial charge in [-0.2, -0.15) is 0 Å². The first-order valence-electron chi connectivity index (χ1n) is 8.01. The number of rotatable bonds is 5. The largest absolute Gasteiger partial charge is 0.496 e. The van der Waals surface area contributed by atoms with Gasteiger partial charge >= 0.3 is 5.97 Å². The van der Waals surface area contributed by atoms with Gasteiger partial charge in [0.25, 0.3) is 5.91 Å². The molecule has 0 radical (unpaired) electrons. The Hall–Kier alpha value is -2.82. The monoisotopic (exact) mass is 341 g/mol. The molecule has 1 amide bonds. The molecule has 0 aliphatic carbocycles. The van der Waals surface area contributed by atoms with Gasteiger partial charge in [0.15, 0.2) is 6.61 Å². The molecule has 0 unspecified atom stereocenters. The molecule has 25 heavy (non-hydrogen) atoms. The van der Waals surface area contributed by atoms with Crippen LogP contribution in [0.5, 0.6) is 5.75 Å². The summed E-state index contributed by atoms with van der Waals surface area (Å²) in [6.45, 7) is 7.37. The Labute approximate surface area is 148 Å². The van der Waals surface area contributed by atoms with Crippen LogP contribution in [0.15, 0.2) is 30.3 Å². The molecule has 0 spiro atoms. The Kier molecular flexibility index (Phi) is 5.80. The van der Waals surface area contributed by atoms with Crippen LogP contribution in [0.4, 0.5) is 5.69 Å². The van der Waals surface area contributed by atoms with Crippen LogP contribution in [-0.2, 0) is 9.53 Å². The van der Waals surface area contributed by atoms with E-state index in [1.54, 1.807) is 12.1 Å². The molecule has 2 aromatic carbocycles. The van der Waals surface area contributed by atoms with E-state index in [4.69, 9.17) is 9.47 Å². The number of carbonyl (C=O) groups excluding carboxylic acids is 2. The summed E-state index contributed by atoms with van der Waals surface area (Å²) in [7, 11) is 1.48. The molecule has 0 saturated heterocycles. The van der Waals surface area contributed by atoms with E-state index >= 15 is 0 Å². The zero-order valence-corrected chi connectivity index (χ0v) is 15.2. The highest BCUT2D eigenvalue weighted by Gasteiger charge is 2.16. The van der Waals surface area contributed by atoms with Crippen molar-refractivity contribution in [2.45, 2.75) is 27.7 Å². The third-order valence-electron chi connectivity index (χ3n) is 3.85. The molecule has 0 saturated carbocycles. The highest BCUT2D eigenvalue weighted by molar-refractivity contribution is 5.97. The Morgan fingerprint density at radius 2 is 1.60 bits per heavy atom. The molecule has 0 bridgehead atoms. The van der Waals surface area contributed by atoms with Crippen LogP contribution in [0.3, 0.4) is 0 Å². The molecular weight excluding hydrogens is 318 g/mol. The summed E-state index contributed by atoms with van der Waals surface area (Å²) < 4.78 is 10.3. The first-order chi connectivity index (χ1) is 11.8. The number of nitrogens with one attached hydrogen (secondary N) is 1. The molecule has 5 heteroatoms. The summed E-state index contributed by atoms with van der Waals surface area (Å²) in [5.74, 6) is -0.552. The number of ether oxygens (including phenoxy) is 2. The molecule has 5 nitrogen and oxygen atoms in total. The normalized spacial score (nSPS) is 10.3. The number of esters is 1. The van der Waals surface area contributed by atoms with Crippen LogP contribution in [0.25, 0.3) is 0 Å². The van der Waals surface area contributed by atoms with Crippen molar-refractivity contribution in [3.63, 3.8) is 0 Å². The fraction of sp³-hybridized carbons (Fsp3) is 0.300. The number of aryl methyl sites for hydroxylation is 4. The van der Waals surface area contributed by atoms with Crippen LogP contribution in [-0.4, -0.2) is 25.6 Å². The van der Waals surface area contributed by atoms with Crippen LogP contribution < -0.4 is 10.1 Å². The van der Waals surface area contributed by atoms with E-state index in [0.717, 1.165) is 27.9 Å². The number of carbonyl (C=O) groups is 2. The highest BCUT2D eigenvalue weighted by Crippen LogP contribution is 2.22. The summed E-state index contributed by atoms with van der Waals surface area (Å²) in [4.78, 5) is 24.4. The zero-order valence-electron chi connectivity index (χ0n) is 15.2. The van der Waals surface area contributed by atoms with E-state index in [1.807, 2.05) is 45.9 Å². The Bertz CT molecular complexity index is 788. The summed E-state index contributed by atoms with van der Waals surface area (Å²) in [5.41, 5.74) is 5.03. The predicted octanol–water partition coefficient (Wildman–Crippen LogP) is 3.72. The summed E-state index contributed by atoms with van der Waals surface area (Å²) >= 11 is 0. The van der Waals surface area contributed by atoms with E-state index in [2.05, 4.69) is 5.32 Å². The van der Waals surface area contributed by atoms with Crippen molar-refractivity contribution in [1.82, 2.24) is 0 Å². The van der Waals surface area contributed by atoms with Gasteiger partial charge in [0.1, 0.15) is 11.3 Å². The van der Waals surface area contributed by atoms with Crippen LogP contribution in [0, 0.1) is 27.7 Å². The minimum Gasteiger partial charge on any atom is -0.496 e. The minimum absolute atomic E-state index is 0.304. The van der Waals surface area contributed by atoms with Gasteiger partial charge in [0.2, 0.25) is 0 Å². The van der Waals surface area contributed by atoms with E-state index in [1.165, 1.54) is 7.11 Å². The summed E-state index contributed by atoms with van der Waals surface area (Å²) in [6.07, 6.45) is 0. The molecule has 0 heterocycles. The number of methoxy groups -OCH3 is 1. The van der Waals surface area contributed by atoms with Crippen LogP contribution in [0.1, 0.15) is 32.6 Å². The Morgan fingerprint density at radius 1 is 0.960 bits per heavy atom. The molecular formula is C20H23NO4. The van der Waals surface area contributed by atoms with E-state index in [-0.39, 0.29) is 12.5 Å². The van der Waals surface area contributed by atoms with Crippen LogP contribution in [0.2, 0.25) is 0 Å². The molecule has 0 atom stereocenters. The van der Waals surface area contributed by atoms with Gasteiger partial charge in [-0.15, -0.1) is 0 Å². The van der Waals surface area contributed by atoms with E-state index < -0.39 is 5.97 Å². The van der Waals surface area contributed by atoms with Gasteiger partial charge in [-0.25, -0.2) is 4.79 Å². The lowest BCUT2D eigenvalue weighted by Gasteiger charge is -2.13. The van der Waals surface area contributed by atoms with Crippen molar-refractivity contribution in [3.05, 3.63) is 58.1 Å². The van der Waals surface area contributed by atoms with Crippen molar-refractivity contribution in [1.29, 1.82) is 0 Å². The second-order valence-corrected chi connectivity index (χ2v) is 6.10. The Morgan fingerprint density at radius 3 is 2.20 bits per heavy atom. The zero-order chi connectivity index (χ0) is 18.6.